The topological polar surface area (TPSA) is 64.8 Å². The zero-order chi connectivity index (χ0) is 13.5. The largest absolute Gasteiger partial charge is 0.454 e. The molecule has 2 aliphatic rings. The number of aromatic nitrogens is 1. The van der Waals surface area contributed by atoms with Crippen molar-refractivity contribution in [3.8, 4) is 11.5 Å². The molecule has 0 saturated carbocycles. The summed E-state index contributed by atoms with van der Waals surface area (Å²) in [5, 5.41) is 3.77. The fourth-order valence-corrected chi connectivity index (χ4v) is 2.53. The minimum Gasteiger partial charge on any atom is -0.454 e. The summed E-state index contributed by atoms with van der Waals surface area (Å²) in [6.07, 6.45) is 2.38. The van der Waals surface area contributed by atoms with Gasteiger partial charge in [0.2, 0.25) is 6.79 Å². The van der Waals surface area contributed by atoms with E-state index in [4.69, 9.17) is 14.0 Å². The standard InChI is InChI=1S/C14H12N2O4/c17-14(9-1-2-12-13(5-9)19-8-18-12)16-4-3-11-10(7-16)6-15-20-11/h1-2,5-6H,3-4,7-8H2. The third-order valence-corrected chi connectivity index (χ3v) is 3.61. The summed E-state index contributed by atoms with van der Waals surface area (Å²) in [7, 11) is 0. The van der Waals surface area contributed by atoms with Gasteiger partial charge in [-0.1, -0.05) is 5.16 Å². The summed E-state index contributed by atoms with van der Waals surface area (Å²) < 4.78 is 15.7. The minimum atomic E-state index is -0.0184. The third-order valence-electron chi connectivity index (χ3n) is 3.61. The van der Waals surface area contributed by atoms with E-state index in [0.717, 1.165) is 11.3 Å². The van der Waals surface area contributed by atoms with E-state index in [1.165, 1.54) is 0 Å². The number of fused-ring (bicyclic) bond motifs is 2. The molecule has 1 amide bonds. The molecule has 0 radical (unpaired) electrons. The summed E-state index contributed by atoms with van der Waals surface area (Å²) in [5.74, 6) is 2.16. The number of nitrogens with zero attached hydrogens (tertiary/aromatic N) is 2. The Bertz CT molecular complexity index is 680. The molecular formula is C14H12N2O4. The number of rotatable bonds is 1. The molecule has 2 aliphatic heterocycles. The summed E-state index contributed by atoms with van der Waals surface area (Å²) >= 11 is 0. The van der Waals surface area contributed by atoms with E-state index in [1.54, 1.807) is 29.3 Å². The Balaban J connectivity index is 1.59. The Labute approximate surface area is 114 Å². The van der Waals surface area contributed by atoms with E-state index in [-0.39, 0.29) is 12.7 Å². The van der Waals surface area contributed by atoms with E-state index < -0.39 is 0 Å². The van der Waals surface area contributed by atoms with Gasteiger partial charge in [-0.15, -0.1) is 0 Å². The van der Waals surface area contributed by atoms with Crippen LogP contribution in [0, 0.1) is 0 Å². The lowest BCUT2D eigenvalue weighted by atomic mass is 10.1. The quantitative estimate of drug-likeness (QED) is 0.789. The van der Waals surface area contributed by atoms with Crippen molar-refractivity contribution in [1.82, 2.24) is 10.1 Å². The highest BCUT2D eigenvalue weighted by Gasteiger charge is 2.25. The molecule has 2 aromatic rings. The highest BCUT2D eigenvalue weighted by Crippen LogP contribution is 2.33. The molecule has 0 unspecified atom stereocenters. The monoisotopic (exact) mass is 272 g/mol. The van der Waals surface area contributed by atoms with Crippen LogP contribution in [-0.2, 0) is 13.0 Å². The Morgan fingerprint density at radius 2 is 2.15 bits per heavy atom. The average molecular weight is 272 g/mol. The fraction of sp³-hybridized carbons (Fsp3) is 0.286. The second-order valence-corrected chi connectivity index (χ2v) is 4.82. The number of carbonyl (C=O) groups excluding carboxylic acids is 1. The van der Waals surface area contributed by atoms with Gasteiger partial charge in [0.05, 0.1) is 12.7 Å². The first-order valence-corrected chi connectivity index (χ1v) is 6.42. The van der Waals surface area contributed by atoms with Crippen molar-refractivity contribution >= 4 is 5.91 Å². The first kappa shape index (κ1) is 11.3. The van der Waals surface area contributed by atoms with Crippen molar-refractivity contribution in [1.29, 1.82) is 0 Å². The van der Waals surface area contributed by atoms with Crippen molar-refractivity contribution in [2.75, 3.05) is 13.3 Å². The molecule has 3 heterocycles. The smallest absolute Gasteiger partial charge is 0.254 e. The van der Waals surface area contributed by atoms with Crippen LogP contribution in [0.15, 0.2) is 28.9 Å². The number of amides is 1. The van der Waals surface area contributed by atoms with Gasteiger partial charge in [0.15, 0.2) is 11.5 Å². The van der Waals surface area contributed by atoms with Gasteiger partial charge in [-0.2, -0.15) is 0 Å². The van der Waals surface area contributed by atoms with Gasteiger partial charge in [0.25, 0.3) is 5.91 Å². The maximum Gasteiger partial charge on any atom is 0.254 e. The van der Waals surface area contributed by atoms with E-state index in [1.807, 2.05) is 0 Å². The molecule has 0 fully saturated rings. The molecule has 1 aromatic carbocycles. The van der Waals surface area contributed by atoms with Crippen LogP contribution < -0.4 is 9.47 Å². The van der Waals surface area contributed by atoms with Gasteiger partial charge >= 0.3 is 0 Å². The molecule has 6 heteroatoms. The van der Waals surface area contributed by atoms with Crippen LogP contribution in [0.3, 0.4) is 0 Å². The van der Waals surface area contributed by atoms with Crippen molar-refractivity contribution < 1.29 is 18.8 Å². The molecule has 20 heavy (non-hydrogen) atoms. The molecule has 0 saturated heterocycles. The summed E-state index contributed by atoms with van der Waals surface area (Å²) in [6.45, 7) is 1.38. The molecule has 6 nitrogen and oxygen atoms in total. The molecule has 4 rings (SSSR count). The minimum absolute atomic E-state index is 0.0184. The Morgan fingerprint density at radius 3 is 3.10 bits per heavy atom. The second-order valence-electron chi connectivity index (χ2n) is 4.82. The van der Waals surface area contributed by atoms with Gasteiger partial charge < -0.3 is 18.9 Å². The molecule has 0 aliphatic carbocycles. The molecule has 0 spiro atoms. The molecule has 0 N–H and O–H groups in total. The Hall–Kier alpha value is -2.50. The first-order valence-electron chi connectivity index (χ1n) is 6.42. The Morgan fingerprint density at radius 1 is 1.25 bits per heavy atom. The summed E-state index contributed by atoms with van der Waals surface area (Å²) in [4.78, 5) is 14.3. The van der Waals surface area contributed by atoms with Crippen LogP contribution in [0.2, 0.25) is 0 Å². The highest BCUT2D eigenvalue weighted by molar-refractivity contribution is 5.95. The van der Waals surface area contributed by atoms with Crippen LogP contribution in [0.25, 0.3) is 0 Å². The Kier molecular flexibility index (Phi) is 2.42. The van der Waals surface area contributed by atoms with Crippen molar-refractivity contribution in [3.05, 3.63) is 41.3 Å². The van der Waals surface area contributed by atoms with Crippen molar-refractivity contribution in [3.63, 3.8) is 0 Å². The maximum absolute atomic E-state index is 12.5. The van der Waals surface area contributed by atoms with Crippen LogP contribution in [0.5, 0.6) is 11.5 Å². The van der Waals surface area contributed by atoms with Gasteiger partial charge in [0.1, 0.15) is 5.76 Å². The number of hydrogen-bond donors (Lipinski definition) is 0. The van der Waals surface area contributed by atoms with E-state index in [9.17, 15) is 4.79 Å². The highest BCUT2D eigenvalue weighted by atomic mass is 16.7. The van der Waals surface area contributed by atoms with E-state index >= 15 is 0 Å². The van der Waals surface area contributed by atoms with Crippen LogP contribution >= 0.6 is 0 Å². The fourth-order valence-electron chi connectivity index (χ4n) is 2.53. The average Bonchev–Trinajstić information content (AvgIpc) is 3.13. The SMILES string of the molecule is O=C(c1ccc2c(c1)OCO2)N1CCc2oncc2C1. The normalized spacial score (nSPS) is 16.1. The number of benzene rings is 1. The van der Waals surface area contributed by atoms with Gasteiger partial charge in [0, 0.05) is 24.1 Å². The van der Waals surface area contributed by atoms with Crippen LogP contribution in [0.1, 0.15) is 21.7 Å². The zero-order valence-electron chi connectivity index (χ0n) is 10.7. The number of hydrogen-bond acceptors (Lipinski definition) is 5. The lowest BCUT2D eigenvalue weighted by Gasteiger charge is -2.25. The van der Waals surface area contributed by atoms with Crippen molar-refractivity contribution in [2.24, 2.45) is 0 Å². The number of ether oxygens (including phenoxy) is 2. The molecule has 0 atom stereocenters. The molecular weight excluding hydrogens is 260 g/mol. The van der Waals surface area contributed by atoms with Gasteiger partial charge in [-0.05, 0) is 18.2 Å². The molecule has 1 aromatic heterocycles. The van der Waals surface area contributed by atoms with Gasteiger partial charge in [-0.25, -0.2) is 0 Å². The van der Waals surface area contributed by atoms with Crippen LogP contribution in [-0.4, -0.2) is 29.3 Å². The van der Waals surface area contributed by atoms with Crippen molar-refractivity contribution in [2.45, 2.75) is 13.0 Å². The van der Waals surface area contributed by atoms with E-state index in [2.05, 4.69) is 5.16 Å². The second kappa shape index (κ2) is 4.26. The van der Waals surface area contributed by atoms with Crippen LogP contribution in [0.4, 0.5) is 0 Å². The third kappa shape index (κ3) is 1.72. The zero-order valence-corrected chi connectivity index (χ0v) is 10.7. The van der Waals surface area contributed by atoms with E-state index in [0.29, 0.717) is 36.6 Å². The lowest BCUT2D eigenvalue weighted by molar-refractivity contribution is 0.0728. The number of carbonyl (C=O) groups is 1. The predicted molar refractivity (Wildman–Crippen MR) is 67.5 cm³/mol. The maximum atomic E-state index is 12.5. The molecule has 102 valence electrons. The van der Waals surface area contributed by atoms with Gasteiger partial charge in [-0.3, -0.25) is 4.79 Å². The predicted octanol–water partition coefficient (Wildman–Crippen LogP) is 1.60. The lowest BCUT2D eigenvalue weighted by Crippen LogP contribution is -2.35. The molecule has 0 bridgehead atoms. The summed E-state index contributed by atoms with van der Waals surface area (Å²) in [6, 6.07) is 5.26. The summed E-state index contributed by atoms with van der Waals surface area (Å²) in [5.41, 5.74) is 1.58. The first-order chi connectivity index (χ1) is 9.81.